The fourth-order valence-electron chi connectivity index (χ4n) is 1.55. The Labute approximate surface area is 110 Å². The average molecular weight is 255 g/mol. The lowest BCUT2D eigenvalue weighted by molar-refractivity contribution is 0.0698. The van der Waals surface area contributed by atoms with Gasteiger partial charge in [0.15, 0.2) is 0 Å². The molecule has 0 unspecified atom stereocenters. The second kappa shape index (κ2) is 5.88. The maximum atomic E-state index is 11.0. The first-order valence-corrected chi connectivity index (χ1v) is 5.74. The van der Waals surface area contributed by atoms with Gasteiger partial charge in [0, 0.05) is 6.54 Å². The van der Waals surface area contributed by atoms with Crippen molar-refractivity contribution in [2.24, 2.45) is 16.0 Å². The van der Waals surface area contributed by atoms with E-state index >= 15 is 0 Å². The van der Waals surface area contributed by atoms with E-state index in [0.29, 0.717) is 17.9 Å². The molecule has 5 nitrogen and oxygen atoms in total. The normalized spacial score (nSPS) is 10.8. The molecule has 2 aromatic carbocycles. The molecule has 0 aromatic heterocycles. The van der Waals surface area contributed by atoms with Crippen LogP contribution in [0.15, 0.2) is 58.8 Å². The van der Waals surface area contributed by atoms with Crippen LogP contribution in [-0.2, 0) is 6.54 Å². The van der Waals surface area contributed by atoms with Crippen molar-refractivity contribution in [3.63, 3.8) is 0 Å². The van der Waals surface area contributed by atoms with E-state index in [9.17, 15) is 4.79 Å². The third kappa shape index (κ3) is 3.23. The third-order valence-corrected chi connectivity index (χ3v) is 2.58. The van der Waals surface area contributed by atoms with E-state index < -0.39 is 5.97 Å². The third-order valence-electron chi connectivity index (χ3n) is 2.58. The zero-order chi connectivity index (χ0) is 13.7. The maximum absolute atomic E-state index is 11.0. The van der Waals surface area contributed by atoms with E-state index in [1.807, 2.05) is 12.1 Å². The largest absolute Gasteiger partial charge is 0.478 e. The van der Waals surface area contributed by atoms with E-state index in [1.165, 1.54) is 6.07 Å². The van der Waals surface area contributed by atoms with Gasteiger partial charge in [0.2, 0.25) is 0 Å². The quantitative estimate of drug-likeness (QED) is 0.822. The van der Waals surface area contributed by atoms with Gasteiger partial charge in [0.1, 0.15) is 5.69 Å². The average Bonchev–Trinajstić information content (AvgIpc) is 2.46. The molecule has 0 bridgehead atoms. The molecule has 0 spiro atoms. The first-order chi connectivity index (χ1) is 9.20. The summed E-state index contributed by atoms with van der Waals surface area (Å²) in [6.07, 6.45) is 0. The molecule has 0 radical (unpaired) electrons. The van der Waals surface area contributed by atoms with Crippen molar-refractivity contribution in [1.29, 1.82) is 0 Å². The number of nitrogens with zero attached hydrogens (tertiary/aromatic N) is 2. The highest BCUT2D eigenvalue weighted by atomic mass is 16.4. The molecule has 5 heteroatoms. The van der Waals surface area contributed by atoms with Crippen LogP contribution in [0.5, 0.6) is 0 Å². The van der Waals surface area contributed by atoms with Crippen LogP contribution in [0.25, 0.3) is 0 Å². The summed E-state index contributed by atoms with van der Waals surface area (Å²) in [4.78, 5) is 11.0. The lowest BCUT2D eigenvalue weighted by Gasteiger charge is -1.99. The number of nitrogens with two attached hydrogens (primary N) is 1. The Morgan fingerprint density at radius 2 is 1.74 bits per heavy atom. The number of hydrogen-bond donors (Lipinski definition) is 2. The molecular weight excluding hydrogens is 242 g/mol. The summed E-state index contributed by atoms with van der Waals surface area (Å²) in [5.74, 6) is -1.02. The Balaban J connectivity index is 2.24. The van der Waals surface area contributed by atoms with Gasteiger partial charge in [-0.1, -0.05) is 24.3 Å². The molecule has 0 saturated heterocycles. The van der Waals surface area contributed by atoms with Crippen LogP contribution in [0.4, 0.5) is 11.4 Å². The Kier molecular flexibility index (Phi) is 4.00. The van der Waals surface area contributed by atoms with Gasteiger partial charge in [-0.2, -0.15) is 5.11 Å². The van der Waals surface area contributed by atoms with Crippen molar-refractivity contribution in [1.82, 2.24) is 0 Å². The highest BCUT2D eigenvalue weighted by molar-refractivity contribution is 5.93. The van der Waals surface area contributed by atoms with E-state index in [1.54, 1.807) is 30.3 Å². The summed E-state index contributed by atoms with van der Waals surface area (Å²) in [5, 5.41) is 17.0. The first-order valence-electron chi connectivity index (χ1n) is 5.74. The molecule has 0 aliphatic heterocycles. The zero-order valence-corrected chi connectivity index (χ0v) is 10.2. The minimum Gasteiger partial charge on any atom is -0.478 e. The van der Waals surface area contributed by atoms with E-state index in [2.05, 4.69) is 10.2 Å². The summed E-state index contributed by atoms with van der Waals surface area (Å²) in [6, 6.07) is 13.8. The molecule has 0 amide bonds. The van der Waals surface area contributed by atoms with Crippen LogP contribution in [0.3, 0.4) is 0 Å². The van der Waals surface area contributed by atoms with Gasteiger partial charge in [0.05, 0.1) is 11.3 Å². The number of hydrogen-bond acceptors (Lipinski definition) is 4. The second-order valence-corrected chi connectivity index (χ2v) is 3.89. The van der Waals surface area contributed by atoms with Gasteiger partial charge in [-0.3, -0.25) is 0 Å². The van der Waals surface area contributed by atoms with Gasteiger partial charge in [-0.05, 0) is 29.8 Å². The van der Waals surface area contributed by atoms with Crippen LogP contribution < -0.4 is 5.73 Å². The van der Waals surface area contributed by atoms with Gasteiger partial charge in [-0.25, -0.2) is 4.79 Å². The molecule has 2 aromatic rings. The summed E-state index contributed by atoms with van der Waals surface area (Å²) in [7, 11) is 0. The summed E-state index contributed by atoms with van der Waals surface area (Å²) in [5.41, 5.74) is 7.61. The van der Waals surface area contributed by atoms with Crippen molar-refractivity contribution < 1.29 is 9.90 Å². The lowest BCUT2D eigenvalue weighted by atomic mass is 10.2. The van der Waals surface area contributed by atoms with Crippen molar-refractivity contribution >= 4 is 17.3 Å². The number of aromatic carboxylic acids is 1. The molecule has 0 atom stereocenters. The van der Waals surface area contributed by atoms with Crippen LogP contribution in [0, 0.1) is 0 Å². The minimum absolute atomic E-state index is 0.129. The van der Waals surface area contributed by atoms with Crippen LogP contribution in [-0.4, -0.2) is 11.1 Å². The van der Waals surface area contributed by atoms with Crippen molar-refractivity contribution in [3.05, 3.63) is 59.7 Å². The van der Waals surface area contributed by atoms with Crippen LogP contribution >= 0.6 is 0 Å². The predicted octanol–water partition coefficient (Wildman–Crippen LogP) is 3.26. The topological polar surface area (TPSA) is 88.0 Å². The van der Waals surface area contributed by atoms with Gasteiger partial charge in [0.25, 0.3) is 0 Å². The monoisotopic (exact) mass is 255 g/mol. The summed E-state index contributed by atoms with van der Waals surface area (Å²) < 4.78 is 0. The number of benzene rings is 2. The molecule has 0 aliphatic rings. The molecule has 0 fully saturated rings. The van der Waals surface area contributed by atoms with Gasteiger partial charge >= 0.3 is 5.97 Å². The smallest absolute Gasteiger partial charge is 0.337 e. The van der Waals surface area contributed by atoms with E-state index in [4.69, 9.17) is 10.8 Å². The molecule has 0 saturated carbocycles. The van der Waals surface area contributed by atoms with E-state index in [-0.39, 0.29) is 5.56 Å². The van der Waals surface area contributed by atoms with Crippen molar-refractivity contribution in [2.45, 2.75) is 6.54 Å². The Morgan fingerprint density at radius 1 is 1.05 bits per heavy atom. The number of carbonyl (C=O) groups is 1. The van der Waals surface area contributed by atoms with Crippen molar-refractivity contribution in [2.75, 3.05) is 0 Å². The number of carboxylic acids is 1. The number of rotatable bonds is 4. The molecule has 0 heterocycles. The molecule has 19 heavy (non-hydrogen) atoms. The molecule has 0 aliphatic carbocycles. The minimum atomic E-state index is -1.02. The van der Waals surface area contributed by atoms with Gasteiger partial charge < -0.3 is 10.8 Å². The Hall–Kier alpha value is -2.53. The number of azo groups is 1. The van der Waals surface area contributed by atoms with Crippen LogP contribution in [0.2, 0.25) is 0 Å². The summed E-state index contributed by atoms with van der Waals surface area (Å²) >= 11 is 0. The van der Waals surface area contributed by atoms with Gasteiger partial charge in [-0.15, -0.1) is 5.11 Å². The fraction of sp³-hybridized carbons (Fsp3) is 0.0714. The highest BCUT2D eigenvalue weighted by Gasteiger charge is 2.07. The highest BCUT2D eigenvalue weighted by Crippen LogP contribution is 2.22. The fourth-order valence-corrected chi connectivity index (χ4v) is 1.55. The Morgan fingerprint density at radius 3 is 2.37 bits per heavy atom. The Bertz CT molecular complexity index is 606. The molecular formula is C14H13N3O2. The van der Waals surface area contributed by atoms with Crippen molar-refractivity contribution in [3.8, 4) is 0 Å². The molecule has 96 valence electrons. The second-order valence-electron chi connectivity index (χ2n) is 3.89. The maximum Gasteiger partial charge on any atom is 0.337 e. The number of carboxylic acid groups (broad SMARTS) is 1. The lowest BCUT2D eigenvalue weighted by Crippen LogP contribution is -1.95. The molecule has 3 N–H and O–H groups in total. The SMILES string of the molecule is NCc1ccc(/N=N/c2ccccc2C(=O)O)cc1. The zero-order valence-electron chi connectivity index (χ0n) is 10.2. The van der Waals surface area contributed by atoms with Crippen LogP contribution in [0.1, 0.15) is 15.9 Å². The molecule has 2 rings (SSSR count). The summed E-state index contributed by atoms with van der Waals surface area (Å²) in [6.45, 7) is 0.471. The van der Waals surface area contributed by atoms with E-state index in [0.717, 1.165) is 5.56 Å². The predicted molar refractivity (Wildman–Crippen MR) is 71.9 cm³/mol. The standard InChI is InChI=1S/C14H13N3O2/c15-9-10-5-7-11(8-6-10)16-17-13-4-2-1-3-12(13)14(18)19/h1-8H,9,15H2,(H,18,19)/b17-16+. The first kappa shape index (κ1) is 12.9.